The molecule has 0 aliphatic carbocycles. The number of hydrogen-bond acceptors (Lipinski definition) is 3. The quantitative estimate of drug-likeness (QED) is 0.485. The highest BCUT2D eigenvalue weighted by molar-refractivity contribution is 6.02. The maximum absolute atomic E-state index is 13.0. The van der Waals surface area contributed by atoms with Crippen LogP contribution in [-0.4, -0.2) is 20.0 Å². The SMILES string of the molecule is COC(OC)(C(=O)c1ccccc1)c1ccc(-c2ccccc2)cc1. The molecule has 0 radical (unpaired) electrons. The Morgan fingerprint density at radius 2 is 1.16 bits per heavy atom. The number of rotatable bonds is 6. The van der Waals surface area contributed by atoms with Crippen LogP contribution in [0.15, 0.2) is 84.9 Å². The first-order valence-corrected chi connectivity index (χ1v) is 8.07. The maximum Gasteiger partial charge on any atom is 0.260 e. The molecule has 0 bridgehead atoms. The molecule has 0 heterocycles. The van der Waals surface area contributed by atoms with Crippen molar-refractivity contribution in [2.45, 2.75) is 5.79 Å². The monoisotopic (exact) mass is 332 g/mol. The smallest absolute Gasteiger partial charge is 0.260 e. The number of ketones is 1. The van der Waals surface area contributed by atoms with Gasteiger partial charge in [-0.15, -0.1) is 0 Å². The molecule has 3 rings (SSSR count). The highest BCUT2D eigenvalue weighted by atomic mass is 16.7. The normalized spacial score (nSPS) is 11.3. The lowest BCUT2D eigenvalue weighted by Gasteiger charge is -2.30. The highest BCUT2D eigenvalue weighted by Gasteiger charge is 2.41. The first kappa shape index (κ1) is 17.1. The van der Waals surface area contributed by atoms with Crippen LogP contribution in [0.3, 0.4) is 0 Å². The minimum Gasteiger partial charge on any atom is -0.343 e. The van der Waals surface area contributed by atoms with Crippen molar-refractivity contribution in [3.63, 3.8) is 0 Å². The molecular weight excluding hydrogens is 312 g/mol. The van der Waals surface area contributed by atoms with E-state index in [1.165, 1.54) is 14.2 Å². The Morgan fingerprint density at radius 3 is 1.68 bits per heavy atom. The van der Waals surface area contributed by atoms with Gasteiger partial charge >= 0.3 is 0 Å². The average Bonchev–Trinajstić information content (AvgIpc) is 2.71. The molecule has 0 saturated heterocycles. The minimum absolute atomic E-state index is 0.231. The van der Waals surface area contributed by atoms with Crippen LogP contribution in [0.2, 0.25) is 0 Å². The van der Waals surface area contributed by atoms with E-state index < -0.39 is 5.79 Å². The summed E-state index contributed by atoms with van der Waals surface area (Å²) < 4.78 is 11.1. The number of carbonyl (C=O) groups is 1. The summed E-state index contributed by atoms with van der Waals surface area (Å²) in [6.07, 6.45) is 0. The van der Waals surface area contributed by atoms with E-state index in [0.717, 1.165) is 11.1 Å². The Hall–Kier alpha value is -2.75. The maximum atomic E-state index is 13.0. The molecule has 3 aromatic rings. The van der Waals surface area contributed by atoms with Crippen LogP contribution in [0.25, 0.3) is 11.1 Å². The molecule has 3 nitrogen and oxygen atoms in total. The van der Waals surface area contributed by atoms with Crippen molar-refractivity contribution in [1.82, 2.24) is 0 Å². The highest BCUT2D eigenvalue weighted by Crippen LogP contribution is 2.32. The fraction of sp³-hybridized carbons (Fsp3) is 0.136. The third-order valence-electron chi connectivity index (χ3n) is 4.28. The second-order valence-electron chi connectivity index (χ2n) is 5.66. The van der Waals surface area contributed by atoms with Gasteiger partial charge in [0.1, 0.15) is 0 Å². The Morgan fingerprint density at radius 1 is 0.680 bits per heavy atom. The summed E-state index contributed by atoms with van der Waals surface area (Å²) in [4.78, 5) is 13.0. The standard InChI is InChI=1S/C22H20O3/c1-24-22(25-2,21(23)19-11-7-4-8-12-19)20-15-13-18(14-16-20)17-9-5-3-6-10-17/h3-16H,1-2H3. The number of ether oxygens (including phenoxy) is 2. The number of methoxy groups -OCH3 is 2. The van der Waals surface area contributed by atoms with Crippen molar-refractivity contribution in [3.8, 4) is 11.1 Å². The molecule has 3 aromatic carbocycles. The first-order chi connectivity index (χ1) is 12.2. The molecule has 0 aliphatic rings. The zero-order valence-corrected chi connectivity index (χ0v) is 14.3. The van der Waals surface area contributed by atoms with Gasteiger partial charge in [0, 0.05) is 25.3 Å². The van der Waals surface area contributed by atoms with Crippen LogP contribution < -0.4 is 0 Å². The van der Waals surface area contributed by atoms with Gasteiger partial charge in [-0.05, 0) is 11.1 Å². The van der Waals surface area contributed by atoms with Gasteiger partial charge in [-0.25, -0.2) is 0 Å². The number of hydrogen-bond donors (Lipinski definition) is 0. The van der Waals surface area contributed by atoms with E-state index in [-0.39, 0.29) is 5.78 Å². The average molecular weight is 332 g/mol. The van der Waals surface area contributed by atoms with Gasteiger partial charge in [0.2, 0.25) is 5.78 Å². The number of carbonyl (C=O) groups excluding carboxylic acids is 1. The molecule has 0 saturated carbocycles. The third kappa shape index (κ3) is 3.25. The van der Waals surface area contributed by atoms with Crippen LogP contribution in [0, 0.1) is 0 Å². The molecule has 0 N–H and O–H groups in total. The van der Waals surface area contributed by atoms with E-state index >= 15 is 0 Å². The molecule has 0 aromatic heterocycles. The predicted octanol–water partition coefficient (Wildman–Crippen LogP) is 4.68. The summed E-state index contributed by atoms with van der Waals surface area (Å²) in [5.41, 5.74) is 3.38. The Labute approximate surface area is 147 Å². The topological polar surface area (TPSA) is 35.5 Å². The third-order valence-corrected chi connectivity index (χ3v) is 4.28. The van der Waals surface area contributed by atoms with Crippen LogP contribution in [0.4, 0.5) is 0 Å². The van der Waals surface area contributed by atoms with Crippen LogP contribution in [-0.2, 0) is 15.3 Å². The Kier molecular flexibility index (Phi) is 5.08. The van der Waals surface area contributed by atoms with Gasteiger partial charge < -0.3 is 9.47 Å². The predicted molar refractivity (Wildman–Crippen MR) is 98.3 cm³/mol. The molecule has 0 unspecified atom stereocenters. The summed E-state index contributed by atoms with van der Waals surface area (Å²) >= 11 is 0. The molecule has 0 atom stereocenters. The van der Waals surface area contributed by atoms with Crippen LogP contribution in [0.1, 0.15) is 15.9 Å². The Balaban J connectivity index is 1.99. The lowest BCUT2D eigenvalue weighted by atomic mass is 9.94. The fourth-order valence-electron chi connectivity index (χ4n) is 2.93. The first-order valence-electron chi connectivity index (χ1n) is 8.07. The van der Waals surface area contributed by atoms with E-state index in [9.17, 15) is 4.79 Å². The largest absolute Gasteiger partial charge is 0.343 e. The van der Waals surface area contributed by atoms with Crippen molar-refractivity contribution >= 4 is 5.78 Å². The number of Topliss-reactive ketones (excluding diaryl/α,β-unsaturated/α-hetero) is 1. The van der Waals surface area contributed by atoms with Crippen molar-refractivity contribution in [2.75, 3.05) is 14.2 Å². The van der Waals surface area contributed by atoms with E-state index in [0.29, 0.717) is 11.1 Å². The van der Waals surface area contributed by atoms with Crippen LogP contribution in [0.5, 0.6) is 0 Å². The molecule has 0 amide bonds. The van der Waals surface area contributed by atoms with Gasteiger partial charge in [-0.2, -0.15) is 0 Å². The minimum atomic E-state index is -1.46. The van der Waals surface area contributed by atoms with Crippen molar-refractivity contribution in [1.29, 1.82) is 0 Å². The van der Waals surface area contributed by atoms with Crippen molar-refractivity contribution in [2.24, 2.45) is 0 Å². The second kappa shape index (κ2) is 7.43. The van der Waals surface area contributed by atoms with E-state index in [2.05, 4.69) is 0 Å². The van der Waals surface area contributed by atoms with Gasteiger partial charge in [0.25, 0.3) is 5.79 Å². The van der Waals surface area contributed by atoms with Crippen LogP contribution >= 0.6 is 0 Å². The van der Waals surface area contributed by atoms with Gasteiger partial charge in [-0.1, -0.05) is 84.9 Å². The molecular formula is C22H20O3. The lowest BCUT2D eigenvalue weighted by molar-refractivity contribution is -0.176. The van der Waals surface area contributed by atoms with Crippen molar-refractivity contribution < 1.29 is 14.3 Å². The van der Waals surface area contributed by atoms with Gasteiger partial charge in [0.15, 0.2) is 0 Å². The molecule has 0 spiro atoms. The van der Waals surface area contributed by atoms with E-state index in [1.807, 2.05) is 72.8 Å². The molecule has 0 aliphatic heterocycles. The summed E-state index contributed by atoms with van der Waals surface area (Å²) in [6, 6.07) is 26.8. The summed E-state index contributed by atoms with van der Waals surface area (Å²) in [5.74, 6) is -1.69. The summed E-state index contributed by atoms with van der Waals surface area (Å²) in [5, 5.41) is 0. The van der Waals surface area contributed by atoms with E-state index in [1.54, 1.807) is 12.1 Å². The Bertz CT molecular complexity index is 820. The number of benzene rings is 3. The van der Waals surface area contributed by atoms with Gasteiger partial charge in [0.05, 0.1) is 0 Å². The zero-order chi connectivity index (χ0) is 17.7. The van der Waals surface area contributed by atoms with Crippen molar-refractivity contribution in [3.05, 3.63) is 96.1 Å². The lowest BCUT2D eigenvalue weighted by Crippen LogP contribution is -2.40. The molecule has 3 heteroatoms. The summed E-state index contributed by atoms with van der Waals surface area (Å²) in [7, 11) is 2.96. The van der Waals surface area contributed by atoms with E-state index in [4.69, 9.17) is 9.47 Å². The molecule has 0 fully saturated rings. The fourth-order valence-corrected chi connectivity index (χ4v) is 2.93. The summed E-state index contributed by atoms with van der Waals surface area (Å²) in [6.45, 7) is 0. The van der Waals surface area contributed by atoms with Gasteiger partial charge in [-0.3, -0.25) is 4.79 Å². The second-order valence-corrected chi connectivity index (χ2v) is 5.66. The molecule has 126 valence electrons. The molecule has 25 heavy (non-hydrogen) atoms. The zero-order valence-electron chi connectivity index (χ0n) is 14.3.